The van der Waals surface area contributed by atoms with Crippen molar-refractivity contribution in [1.29, 1.82) is 0 Å². The lowest BCUT2D eigenvalue weighted by atomic mass is 9.93. The maximum Gasteiger partial charge on any atom is 0.233 e. The normalized spacial score (nSPS) is 15.4. The van der Waals surface area contributed by atoms with E-state index in [0.29, 0.717) is 6.54 Å². The zero-order chi connectivity index (χ0) is 15.7. The molecule has 0 unspecified atom stereocenters. The third-order valence-electron chi connectivity index (χ3n) is 4.44. The van der Waals surface area contributed by atoms with Crippen LogP contribution < -0.4 is 0 Å². The first-order valence-electron chi connectivity index (χ1n) is 7.59. The van der Waals surface area contributed by atoms with Crippen LogP contribution in [0.2, 0.25) is 0 Å². The molecule has 0 saturated heterocycles. The number of hydrogen-bond donors (Lipinski definition) is 0. The van der Waals surface area contributed by atoms with Crippen LogP contribution in [-0.2, 0) is 16.8 Å². The van der Waals surface area contributed by atoms with Gasteiger partial charge in [0.05, 0.1) is 5.41 Å². The highest BCUT2D eigenvalue weighted by atomic mass is 79.9. The summed E-state index contributed by atoms with van der Waals surface area (Å²) in [5, 5.41) is 0. The lowest BCUT2D eigenvalue weighted by Gasteiger charge is -2.24. The van der Waals surface area contributed by atoms with Crippen LogP contribution in [0, 0.1) is 6.92 Å². The summed E-state index contributed by atoms with van der Waals surface area (Å²) in [5.74, 6) is 0.230. The van der Waals surface area contributed by atoms with Crippen LogP contribution in [0.3, 0.4) is 0 Å². The fourth-order valence-corrected chi connectivity index (χ4v) is 3.42. The van der Waals surface area contributed by atoms with Crippen molar-refractivity contribution in [1.82, 2.24) is 4.90 Å². The highest BCUT2D eigenvalue weighted by molar-refractivity contribution is 9.10. The third-order valence-corrected chi connectivity index (χ3v) is 5.22. The molecule has 1 fully saturated rings. The largest absolute Gasteiger partial charge is 0.341 e. The Labute approximate surface area is 140 Å². The quantitative estimate of drug-likeness (QED) is 0.791. The van der Waals surface area contributed by atoms with Gasteiger partial charge >= 0.3 is 0 Å². The van der Waals surface area contributed by atoms with E-state index >= 15 is 0 Å². The first kappa shape index (κ1) is 15.3. The SMILES string of the molecule is Cc1cccc(C2(C(=O)N(C)Cc3ccccc3Br)CC2)c1. The number of likely N-dealkylation sites (N-methyl/N-ethyl adjacent to an activating group) is 1. The van der Waals surface area contributed by atoms with Crippen molar-refractivity contribution < 1.29 is 4.79 Å². The monoisotopic (exact) mass is 357 g/mol. The third kappa shape index (κ3) is 2.82. The minimum Gasteiger partial charge on any atom is -0.341 e. The Morgan fingerprint density at radius 2 is 1.91 bits per heavy atom. The Morgan fingerprint density at radius 1 is 1.18 bits per heavy atom. The molecule has 0 radical (unpaired) electrons. The molecule has 2 nitrogen and oxygen atoms in total. The average Bonchev–Trinajstić information content (AvgIpc) is 3.30. The zero-order valence-electron chi connectivity index (χ0n) is 13.0. The number of rotatable bonds is 4. The van der Waals surface area contributed by atoms with Gasteiger partial charge in [0, 0.05) is 18.1 Å². The summed E-state index contributed by atoms with van der Waals surface area (Å²) in [6, 6.07) is 16.4. The Bertz CT molecular complexity index is 706. The van der Waals surface area contributed by atoms with Crippen molar-refractivity contribution in [3.05, 3.63) is 69.7 Å². The molecule has 1 amide bonds. The van der Waals surface area contributed by atoms with Crippen LogP contribution >= 0.6 is 15.9 Å². The van der Waals surface area contributed by atoms with Crippen LogP contribution in [0.25, 0.3) is 0 Å². The van der Waals surface area contributed by atoms with E-state index < -0.39 is 0 Å². The van der Waals surface area contributed by atoms with Gasteiger partial charge in [-0.15, -0.1) is 0 Å². The first-order valence-corrected chi connectivity index (χ1v) is 8.38. The lowest BCUT2D eigenvalue weighted by Crippen LogP contribution is -2.36. The van der Waals surface area contributed by atoms with Gasteiger partial charge in [-0.25, -0.2) is 0 Å². The molecule has 2 aromatic carbocycles. The standard InChI is InChI=1S/C19H20BrNO/c1-14-6-5-8-16(12-14)19(10-11-19)18(22)21(2)13-15-7-3-4-9-17(15)20/h3-9,12H,10-11,13H2,1-2H3. The van der Waals surface area contributed by atoms with Crippen molar-refractivity contribution in [2.75, 3.05) is 7.05 Å². The predicted molar refractivity (Wildman–Crippen MR) is 92.7 cm³/mol. The fraction of sp³-hybridized carbons (Fsp3) is 0.316. The Morgan fingerprint density at radius 3 is 2.55 bits per heavy atom. The molecule has 3 rings (SSSR count). The van der Waals surface area contributed by atoms with Crippen molar-refractivity contribution in [3.8, 4) is 0 Å². The topological polar surface area (TPSA) is 20.3 Å². The van der Waals surface area contributed by atoms with E-state index in [1.807, 2.05) is 36.2 Å². The number of nitrogens with zero attached hydrogens (tertiary/aromatic N) is 1. The molecule has 114 valence electrons. The number of benzene rings is 2. The smallest absolute Gasteiger partial charge is 0.233 e. The summed E-state index contributed by atoms with van der Waals surface area (Å²) < 4.78 is 1.05. The van der Waals surface area contributed by atoms with Crippen LogP contribution in [0.15, 0.2) is 53.0 Å². The van der Waals surface area contributed by atoms with Crippen LogP contribution in [-0.4, -0.2) is 17.9 Å². The molecule has 0 heterocycles. The van der Waals surface area contributed by atoms with Crippen LogP contribution in [0.4, 0.5) is 0 Å². The maximum absolute atomic E-state index is 13.0. The number of halogens is 1. The Hall–Kier alpha value is -1.61. The Kier molecular flexibility index (Phi) is 4.09. The summed E-state index contributed by atoms with van der Waals surface area (Å²) in [4.78, 5) is 14.8. The zero-order valence-corrected chi connectivity index (χ0v) is 14.6. The molecular formula is C19H20BrNO. The molecule has 3 heteroatoms. The van der Waals surface area contributed by atoms with E-state index in [-0.39, 0.29) is 11.3 Å². The van der Waals surface area contributed by atoms with Crippen molar-refractivity contribution in [2.24, 2.45) is 0 Å². The molecule has 1 aliphatic carbocycles. The summed E-state index contributed by atoms with van der Waals surface area (Å²) >= 11 is 3.56. The van der Waals surface area contributed by atoms with E-state index in [0.717, 1.165) is 28.4 Å². The van der Waals surface area contributed by atoms with Gasteiger partial charge in [0.1, 0.15) is 0 Å². The van der Waals surface area contributed by atoms with Gasteiger partial charge < -0.3 is 4.90 Å². The summed E-state index contributed by atoms with van der Waals surface area (Å²) in [5.41, 5.74) is 3.22. The molecule has 1 saturated carbocycles. The minimum absolute atomic E-state index is 0.230. The molecular weight excluding hydrogens is 338 g/mol. The van der Waals surface area contributed by atoms with E-state index in [1.165, 1.54) is 5.56 Å². The van der Waals surface area contributed by atoms with Crippen molar-refractivity contribution in [2.45, 2.75) is 31.7 Å². The molecule has 0 bridgehead atoms. The second-order valence-electron chi connectivity index (χ2n) is 6.20. The number of carbonyl (C=O) groups is 1. The fourth-order valence-electron chi connectivity index (χ4n) is 3.01. The van der Waals surface area contributed by atoms with E-state index in [2.05, 4.69) is 47.1 Å². The second-order valence-corrected chi connectivity index (χ2v) is 7.06. The molecule has 0 spiro atoms. The molecule has 0 aliphatic heterocycles. The van der Waals surface area contributed by atoms with Gasteiger partial charge in [-0.1, -0.05) is 64.0 Å². The van der Waals surface area contributed by atoms with E-state index in [9.17, 15) is 4.79 Å². The first-order chi connectivity index (χ1) is 10.5. The molecule has 0 N–H and O–H groups in total. The van der Waals surface area contributed by atoms with Gasteiger partial charge in [-0.05, 0) is 37.0 Å². The van der Waals surface area contributed by atoms with Crippen molar-refractivity contribution >= 4 is 21.8 Å². The van der Waals surface area contributed by atoms with Gasteiger partial charge in [0.2, 0.25) is 5.91 Å². The van der Waals surface area contributed by atoms with Gasteiger partial charge in [0.15, 0.2) is 0 Å². The van der Waals surface area contributed by atoms with Crippen molar-refractivity contribution in [3.63, 3.8) is 0 Å². The summed E-state index contributed by atoms with van der Waals surface area (Å²) in [6.07, 6.45) is 1.91. The molecule has 1 aliphatic rings. The summed E-state index contributed by atoms with van der Waals surface area (Å²) in [7, 11) is 1.90. The molecule has 0 atom stereocenters. The highest BCUT2D eigenvalue weighted by Crippen LogP contribution is 2.49. The lowest BCUT2D eigenvalue weighted by molar-refractivity contribution is -0.133. The number of aryl methyl sites for hydroxylation is 1. The molecule has 2 aromatic rings. The minimum atomic E-state index is -0.290. The molecule has 0 aromatic heterocycles. The summed E-state index contributed by atoms with van der Waals surface area (Å²) in [6.45, 7) is 2.71. The average molecular weight is 358 g/mol. The van der Waals surface area contributed by atoms with Gasteiger partial charge in [-0.2, -0.15) is 0 Å². The predicted octanol–water partition coefficient (Wildman–Crippen LogP) is 4.45. The highest BCUT2D eigenvalue weighted by Gasteiger charge is 2.52. The Balaban J connectivity index is 1.80. The van der Waals surface area contributed by atoms with Crippen LogP contribution in [0.5, 0.6) is 0 Å². The number of carbonyl (C=O) groups excluding carboxylic acids is 1. The number of hydrogen-bond acceptors (Lipinski definition) is 1. The van der Waals surface area contributed by atoms with Gasteiger partial charge in [0.25, 0.3) is 0 Å². The van der Waals surface area contributed by atoms with Gasteiger partial charge in [-0.3, -0.25) is 4.79 Å². The van der Waals surface area contributed by atoms with E-state index in [1.54, 1.807) is 0 Å². The molecule has 22 heavy (non-hydrogen) atoms. The van der Waals surface area contributed by atoms with Crippen LogP contribution in [0.1, 0.15) is 29.5 Å². The number of amides is 1. The maximum atomic E-state index is 13.0. The van der Waals surface area contributed by atoms with E-state index in [4.69, 9.17) is 0 Å². The second kappa shape index (κ2) is 5.88.